The molecule has 1 aliphatic heterocycles. The summed E-state index contributed by atoms with van der Waals surface area (Å²) in [7, 11) is 0. The highest BCUT2D eigenvalue weighted by Crippen LogP contribution is 2.29. The molecule has 0 saturated carbocycles. The monoisotopic (exact) mass is 429 g/mol. The Labute approximate surface area is 156 Å². The summed E-state index contributed by atoms with van der Waals surface area (Å²) in [4.78, 5) is 22.2. The molecule has 0 radical (unpaired) electrons. The number of hydrogen-bond acceptors (Lipinski definition) is 4. The third-order valence-electron chi connectivity index (χ3n) is 3.99. The van der Waals surface area contributed by atoms with Crippen LogP contribution in [0.4, 0.5) is 13.2 Å². The number of hydrogen-bond donors (Lipinski definition) is 0. The quantitative estimate of drug-likeness (QED) is 0.741. The van der Waals surface area contributed by atoms with E-state index in [0.717, 1.165) is 29.4 Å². The predicted molar refractivity (Wildman–Crippen MR) is 90.7 cm³/mol. The van der Waals surface area contributed by atoms with E-state index in [1.165, 1.54) is 12.1 Å². The van der Waals surface area contributed by atoms with Crippen LogP contribution in [0, 0.1) is 0 Å². The Morgan fingerprint density at radius 3 is 2.46 bits per heavy atom. The Balaban J connectivity index is 1.65. The van der Waals surface area contributed by atoms with E-state index < -0.39 is 11.7 Å². The minimum atomic E-state index is -4.42. The average Bonchev–Trinajstić information content (AvgIpc) is 2.63. The topological polar surface area (TPSA) is 55.3 Å². The lowest BCUT2D eigenvalue weighted by Crippen LogP contribution is -2.44. The van der Waals surface area contributed by atoms with Crippen LogP contribution in [-0.2, 0) is 6.18 Å². The molecule has 5 nitrogen and oxygen atoms in total. The molecule has 0 spiro atoms. The summed E-state index contributed by atoms with van der Waals surface area (Å²) in [6.45, 7) is 0.861. The van der Waals surface area contributed by atoms with E-state index in [4.69, 9.17) is 4.74 Å². The van der Waals surface area contributed by atoms with Crippen LogP contribution in [0.5, 0.6) is 6.01 Å². The molecule has 9 heteroatoms. The molecule has 1 unspecified atom stereocenters. The standard InChI is InChI=1S/C17H15BrF3N3O2/c18-13-8-22-16(23-9-13)26-14-2-1-7-24(10-14)15(25)11-3-5-12(6-4-11)17(19,20)21/h3-6,8-9,14H,1-2,7,10H2. The fourth-order valence-electron chi connectivity index (χ4n) is 2.71. The summed E-state index contributed by atoms with van der Waals surface area (Å²) < 4.78 is 44.3. The number of ether oxygens (including phenoxy) is 1. The zero-order chi connectivity index (χ0) is 18.7. The molecule has 3 rings (SSSR count). The van der Waals surface area contributed by atoms with Gasteiger partial charge in [-0.3, -0.25) is 4.79 Å². The smallest absolute Gasteiger partial charge is 0.416 e. The van der Waals surface area contributed by atoms with Crippen molar-refractivity contribution < 1.29 is 22.7 Å². The van der Waals surface area contributed by atoms with E-state index in [9.17, 15) is 18.0 Å². The zero-order valence-corrected chi connectivity index (χ0v) is 15.1. The highest BCUT2D eigenvalue weighted by atomic mass is 79.9. The van der Waals surface area contributed by atoms with Crippen molar-refractivity contribution in [1.29, 1.82) is 0 Å². The summed E-state index contributed by atoms with van der Waals surface area (Å²) in [5.74, 6) is -0.316. The Kier molecular flexibility index (Phi) is 5.45. The molecular formula is C17H15BrF3N3O2. The van der Waals surface area contributed by atoms with E-state index in [1.807, 2.05) is 0 Å². The number of rotatable bonds is 3. The minimum absolute atomic E-state index is 0.221. The maximum atomic E-state index is 12.6. The fourth-order valence-corrected chi connectivity index (χ4v) is 2.92. The highest BCUT2D eigenvalue weighted by molar-refractivity contribution is 9.10. The van der Waals surface area contributed by atoms with Crippen LogP contribution in [0.3, 0.4) is 0 Å². The lowest BCUT2D eigenvalue weighted by atomic mass is 10.1. The average molecular weight is 430 g/mol. The van der Waals surface area contributed by atoms with Crippen LogP contribution >= 0.6 is 15.9 Å². The number of carbonyl (C=O) groups is 1. The van der Waals surface area contributed by atoms with E-state index in [0.29, 0.717) is 13.1 Å². The molecule has 0 bridgehead atoms. The first kappa shape index (κ1) is 18.6. The van der Waals surface area contributed by atoms with Crippen molar-refractivity contribution in [3.05, 3.63) is 52.3 Å². The summed E-state index contributed by atoms with van der Waals surface area (Å²) in [5, 5.41) is 0. The van der Waals surface area contributed by atoms with Gasteiger partial charge in [-0.25, -0.2) is 9.97 Å². The molecule has 138 valence electrons. The minimum Gasteiger partial charge on any atom is -0.458 e. The number of aromatic nitrogens is 2. The first-order chi connectivity index (χ1) is 12.3. The second kappa shape index (κ2) is 7.61. The summed E-state index contributed by atoms with van der Waals surface area (Å²) >= 11 is 3.24. The van der Waals surface area contributed by atoms with Crippen molar-refractivity contribution in [3.63, 3.8) is 0 Å². The van der Waals surface area contributed by atoms with Gasteiger partial charge in [-0.1, -0.05) is 0 Å². The lowest BCUT2D eigenvalue weighted by Gasteiger charge is -2.32. The van der Waals surface area contributed by atoms with Crippen molar-refractivity contribution in [2.45, 2.75) is 25.1 Å². The molecule has 1 atom stereocenters. The van der Waals surface area contributed by atoms with Gasteiger partial charge in [0.05, 0.1) is 16.6 Å². The normalized spacial score (nSPS) is 17.8. The first-order valence-electron chi connectivity index (χ1n) is 7.93. The van der Waals surface area contributed by atoms with Gasteiger partial charge < -0.3 is 9.64 Å². The summed E-state index contributed by atoms with van der Waals surface area (Å²) in [6.07, 6.45) is -0.0736. The SMILES string of the molecule is O=C(c1ccc(C(F)(F)F)cc1)N1CCCC(Oc2ncc(Br)cn2)C1. The molecule has 1 aromatic carbocycles. The third kappa shape index (κ3) is 4.51. The number of amides is 1. The molecule has 0 aliphatic carbocycles. The Hall–Kier alpha value is -2.16. The van der Waals surface area contributed by atoms with Crippen LogP contribution in [0.2, 0.25) is 0 Å². The van der Waals surface area contributed by atoms with Crippen LogP contribution in [0.25, 0.3) is 0 Å². The maximum absolute atomic E-state index is 12.6. The van der Waals surface area contributed by atoms with Crippen molar-refractivity contribution in [2.75, 3.05) is 13.1 Å². The molecule has 1 aromatic heterocycles. The Bertz CT molecular complexity index is 766. The second-order valence-electron chi connectivity index (χ2n) is 5.89. The number of likely N-dealkylation sites (tertiary alicyclic amines) is 1. The molecular weight excluding hydrogens is 415 g/mol. The van der Waals surface area contributed by atoms with Gasteiger partial charge >= 0.3 is 12.2 Å². The highest BCUT2D eigenvalue weighted by Gasteiger charge is 2.31. The third-order valence-corrected chi connectivity index (χ3v) is 4.40. The van der Waals surface area contributed by atoms with E-state index in [1.54, 1.807) is 17.3 Å². The summed E-state index contributed by atoms with van der Waals surface area (Å²) in [6, 6.07) is 4.46. The van der Waals surface area contributed by atoms with Crippen LogP contribution in [0.1, 0.15) is 28.8 Å². The van der Waals surface area contributed by atoms with Gasteiger partial charge in [0.15, 0.2) is 0 Å². The Morgan fingerprint density at radius 2 is 1.85 bits per heavy atom. The zero-order valence-electron chi connectivity index (χ0n) is 13.5. The van der Waals surface area contributed by atoms with Crippen LogP contribution in [0.15, 0.2) is 41.1 Å². The number of carbonyl (C=O) groups excluding carboxylic acids is 1. The number of nitrogens with zero attached hydrogens (tertiary/aromatic N) is 3. The lowest BCUT2D eigenvalue weighted by molar-refractivity contribution is -0.137. The molecule has 1 saturated heterocycles. The van der Waals surface area contributed by atoms with Gasteiger partial charge in [-0.15, -0.1) is 0 Å². The number of benzene rings is 1. The van der Waals surface area contributed by atoms with Crippen LogP contribution in [-0.4, -0.2) is 40.0 Å². The van der Waals surface area contributed by atoms with Crippen molar-refractivity contribution in [2.24, 2.45) is 0 Å². The molecule has 1 aliphatic rings. The molecule has 1 amide bonds. The maximum Gasteiger partial charge on any atom is 0.416 e. The molecule has 2 aromatic rings. The Morgan fingerprint density at radius 1 is 1.19 bits per heavy atom. The number of piperidine rings is 1. The van der Waals surface area contributed by atoms with Crippen LogP contribution < -0.4 is 4.74 Å². The fraction of sp³-hybridized carbons (Fsp3) is 0.353. The molecule has 2 heterocycles. The van der Waals surface area contributed by atoms with Gasteiger partial charge in [0.1, 0.15) is 6.10 Å². The van der Waals surface area contributed by atoms with Crippen molar-refractivity contribution in [3.8, 4) is 6.01 Å². The molecule has 1 fully saturated rings. The van der Waals surface area contributed by atoms with Gasteiger partial charge in [0.25, 0.3) is 5.91 Å². The van der Waals surface area contributed by atoms with Gasteiger partial charge in [-0.2, -0.15) is 13.2 Å². The number of alkyl halides is 3. The largest absolute Gasteiger partial charge is 0.458 e. The molecule has 0 N–H and O–H groups in total. The molecule has 26 heavy (non-hydrogen) atoms. The summed E-state index contributed by atoms with van der Waals surface area (Å²) in [5.41, 5.74) is -0.556. The predicted octanol–water partition coefficient (Wildman–Crippen LogP) is 3.94. The van der Waals surface area contributed by atoms with Gasteiger partial charge in [0, 0.05) is 24.5 Å². The van der Waals surface area contributed by atoms with E-state index in [-0.39, 0.29) is 23.6 Å². The van der Waals surface area contributed by atoms with Gasteiger partial charge in [0.2, 0.25) is 0 Å². The van der Waals surface area contributed by atoms with Gasteiger partial charge in [-0.05, 0) is 53.0 Å². The first-order valence-corrected chi connectivity index (χ1v) is 8.73. The van der Waals surface area contributed by atoms with E-state index in [2.05, 4.69) is 25.9 Å². The number of halogens is 4. The van der Waals surface area contributed by atoms with Crippen molar-refractivity contribution >= 4 is 21.8 Å². The second-order valence-corrected chi connectivity index (χ2v) is 6.81. The van der Waals surface area contributed by atoms with E-state index >= 15 is 0 Å². The van der Waals surface area contributed by atoms with Crippen molar-refractivity contribution in [1.82, 2.24) is 14.9 Å².